The maximum absolute atomic E-state index is 12.1. The van der Waals surface area contributed by atoms with Gasteiger partial charge in [0.05, 0.1) is 0 Å². The van der Waals surface area contributed by atoms with E-state index in [2.05, 4.69) is 82.0 Å². The number of halogens is 1. The van der Waals surface area contributed by atoms with Gasteiger partial charge in [0.25, 0.3) is 0 Å². The normalized spacial score (nSPS) is 18.8. The molecule has 0 aromatic heterocycles. The van der Waals surface area contributed by atoms with Crippen LogP contribution in [0, 0.1) is 0 Å². The van der Waals surface area contributed by atoms with Crippen LogP contribution in [0.25, 0.3) is 0 Å². The third-order valence-corrected chi connectivity index (χ3v) is 6.00. The molecular formula is C26H38IN5O. The van der Waals surface area contributed by atoms with Crippen molar-refractivity contribution in [2.75, 3.05) is 33.7 Å². The Kier molecular flexibility index (Phi) is 11.7. The lowest BCUT2D eigenvalue weighted by Crippen LogP contribution is -2.51. The summed E-state index contributed by atoms with van der Waals surface area (Å²) in [6.45, 7) is 5.25. The maximum atomic E-state index is 12.1. The summed E-state index contributed by atoms with van der Waals surface area (Å²) >= 11 is 0. The molecule has 2 aromatic carbocycles. The second-order valence-electron chi connectivity index (χ2n) is 8.79. The molecular weight excluding hydrogens is 525 g/mol. The Balaban J connectivity index is 0.00000385. The molecule has 1 fully saturated rings. The quantitative estimate of drug-likeness (QED) is 0.293. The lowest BCUT2D eigenvalue weighted by molar-refractivity contribution is -0.127. The van der Waals surface area contributed by atoms with Gasteiger partial charge in [0.2, 0.25) is 5.91 Å². The van der Waals surface area contributed by atoms with E-state index in [1.807, 2.05) is 6.07 Å². The van der Waals surface area contributed by atoms with Crippen molar-refractivity contribution in [3.8, 4) is 0 Å². The molecule has 1 saturated heterocycles. The number of nitrogens with one attached hydrogen (secondary N) is 2. The van der Waals surface area contributed by atoms with Crippen LogP contribution < -0.4 is 10.6 Å². The highest BCUT2D eigenvalue weighted by atomic mass is 127. The van der Waals surface area contributed by atoms with E-state index in [4.69, 9.17) is 0 Å². The SMILES string of the molecule is CC1CC(NC(=NCC(=O)N(C)C)NCCc2ccccc2)CCN1Cc1ccccc1.I. The zero-order valence-electron chi connectivity index (χ0n) is 20.0. The first-order chi connectivity index (χ1) is 15.5. The van der Waals surface area contributed by atoms with Gasteiger partial charge in [-0.25, -0.2) is 4.99 Å². The summed E-state index contributed by atoms with van der Waals surface area (Å²) in [6, 6.07) is 21.9. The van der Waals surface area contributed by atoms with Crippen LogP contribution >= 0.6 is 24.0 Å². The molecule has 2 aromatic rings. The first kappa shape index (κ1) is 27.1. The molecule has 1 amide bonds. The number of benzene rings is 2. The number of amides is 1. The molecule has 0 radical (unpaired) electrons. The van der Waals surface area contributed by atoms with Gasteiger partial charge in [-0.2, -0.15) is 0 Å². The van der Waals surface area contributed by atoms with E-state index >= 15 is 0 Å². The van der Waals surface area contributed by atoms with E-state index in [1.54, 1.807) is 19.0 Å². The Morgan fingerprint density at radius 3 is 2.30 bits per heavy atom. The third kappa shape index (κ3) is 9.33. The van der Waals surface area contributed by atoms with Crippen LogP contribution in [0.5, 0.6) is 0 Å². The molecule has 0 bridgehead atoms. The number of nitrogens with zero attached hydrogens (tertiary/aromatic N) is 3. The predicted octanol–water partition coefficient (Wildman–Crippen LogP) is 3.52. The molecule has 6 nitrogen and oxygen atoms in total. The smallest absolute Gasteiger partial charge is 0.243 e. The Labute approximate surface area is 215 Å². The first-order valence-corrected chi connectivity index (χ1v) is 11.6. The van der Waals surface area contributed by atoms with Crippen molar-refractivity contribution in [3.05, 3.63) is 71.8 Å². The largest absolute Gasteiger partial charge is 0.356 e. The minimum Gasteiger partial charge on any atom is -0.356 e. The Bertz CT molecular complexity index is 860. The molecule has 0 saturated carbocycles. The van der Waals surface area contributed by atoms with Crippen LogP contribution in [-0.2, 0) is 17.8 Å². The van der Waals surface area contributed by atoms with Crippen molar-refractivity contribution in [2.45, 2.75) is 44.8 Å². The predicted molar refractivity (Wildman–Crippen MR) is 147 cm³/mol. The molecule has 1 aliphatic rings. The molecule has 33 heavy (non-hydrogen) atoms. The number of carbonyl (C=O) groups is 1. The Morgan fingerprint density at radius 2 is 1.70 bits per heavy atom. The molecule has 1 aliphatic heterocycles. The summed E-state index contributed by atoms with van der Waals surface area (Å²) in [5, 5.41) is 7.02. The van der Waals surface area contributed by atoms with Gasteiger partial charge in [-0.05, 0) is 37.3 Å². The highest BCUT2D eigenvalue weighted by Crippen LogP contribution is 2.20. The molecule has 2 N–H and O–H groups in total. The third-order valence-electron chi connectivity index (χ3n) is 6.00. The highest BCUT2D eigenvalue weighted by Gasteiger charge is 2.26. The molecule has 3 rings (SSSR count). The number of piperidine rings is 1. The van der Waals surface area contributed by atoms with E-state index in [-0.39, 0.29) is 36.4 Å². The summed E-state index contributed by atoms with van der Waals surface area (Å²) in [4.78, 5) is 20.8. The standard InChI is InChI=1S/C26H37N5O.HI/c1-21-18-24(15-17-31(21)20-23-12-8-5-9-13-23)29-26(28-19-25(32)30(2)3)27-16-14-22-10-6-4-7-11-22;/h4-13,21,24H,14-20H2,1-3H3,(H2,27,28,29);1H. The maximum Gasteiger partial charge on any atom is 0.243 e. The molecule has 7 heteroatoms. The average Bonchev–Trinajstić information content (AvgIpc) is 2.80. The number of rotatable bonds is 8. The van der Waals surface area contributed by atoms with Crippen molar-refractivity contribution < 1.29 is 4.79 Å². The molecule has 2 unspecified atom stereocenters. The number of hydrogen-bond donors (Lipinski definition) is 2. The van der Waals surface area contributed by atoms with E-state index in [0.29, 0.717) is 12.1 Å². The number of likely N-dealkylation sites (tertiary alicyclic amines) is 1. The van der Waals surface area contributed by atoms with E-state index in [9.17, 15) is 4.79 Å². The van der Waals surface area contributed by atoms with Crippen LogP contribution in [-0.4, -0.2) is 67.5 Å². The monoisotopic (exact) mass is 563 g/mol. The number of guanidine groups is 1. The molecule has 180 valence electrons. The van der Waals surface area contributed by atoms with Gasteiger partial charge in [0, 0.05) is 45.8 Å². The number of aliphatic imine (C=N–C) groups is 1. The lowest BCUT2D eigenvalue weighted by atomic mass is 9.97. The minimum absolute atomic E-state index is 0. The van der Waals surface area contributed by atoms with Crippen molar-refractivity contribution >= 4 is 35.8 Å². The molecule has 0 spiro atoms. The fourth-order valence-electron chi connectivity index (χ4n) is 4.01. The highest BCUT2D eigenvalue weighted by molar-refractivity contribution is 14.0. The van der Waals surface area contributed by atoms with Crippen molar-refractivity contribution in [1.82, 2.24) is 20.4 Å². The zero-order chi connectivity index (χ0) is 22.8. The fraction of sp³-hybridized carbons (Fsp3) is 0.462. The van der Waals surface area contributed by atoms with Gasteiger partial charge in [0.15, 0.2) is 5.96 Å². The Morgan fingerprint density at radius 1 is 1.06 bits per heavy atom. The fourth-order valence-corrected chi connectivity index (χ4v) is 4.01. The first-order valence-electron chi connectivity index (χ1n) is 11.6. The summed E-state index contributed by atoms with van der Waals surface area (Å²) < 4.78 is 0. The van der Waals surface area contributed by atoms with Crippen LogP contribution in [0.1, 0.15) is 30.9 Å². The van der Waals surface area contributed by atoms with Crippen LogP contribution in [0.3, 0.4) is 0 Å². The second-order valence-corrected chi connectivity index (χ2v) is 8.79. The van der Waals surface area contributed by atoms with Gasteiger partial charge in [-0.1, -0.05) is 60.7 Å². The summed E-state index contributed by atoms with van der Waals surface area (Å²) in [5.74, 6) is 0.727. The summed E-state index contributed by atoms with van der Waals surface area (Å²) in [6.07, 6.45) is 3.02. The van der Waals surface area contributed by atoms with Gasteiger partial charge in [-0.15, -0.1) is 24.0 Å². The van der Waals surface area contributed by atoms with E-state index in [1.165, 1.54) is 11.1 Å². The molecule has 1 heterocycles. The van der Waals surface area contributed by atoms with Crippen LogP contribution in [0.2, 0.25) is 0 Å². The average molecular weight is 564 g/mol. The van der Waals surface area contributed by atoms with Crippen molar-refractivity contribution in [2.24, 2.45) is 4.99 Å². The zero-order valence-corrected chi connectivity index (χ0v) is 22.4. The van der Waals surface area contributed by atoms with Gasteiger partial charge in [-0.3, -0.25) is 9.69 Å². The van der Waals surface area contributed by atoms with Crippen LogP contribution in [0.4, 0.5) is 0 Å². The van der Waals surface area contributed by atoms with Gasteiger partial charge in [0.1, 0.15) is 6.54 Å². The minimum atomic E-state index is 0. The number of carbonyl (C=O) groups excluding carboxylic acids is 1. The van der Waals surface area contributed by atoms with Crippen LogP contribution in [0.15, 0.2) is 65.7 Å². The van der Waals surface area contributed by atoms with E-state index in [0.717, 1.165) is 44.9 Å². The second kappa shape index (κ2) is 14.2. The molecule has 2 atom stereocenters. The van der Waals surface area contributed by atoms with E-state index < -0.39 is 0 Å². The Hall–Kier alpha value is -2.13. The van der Waals surface area contributed by atoms with Crippen molar-refractivity contribution in [3.63, 3.8) is 0 Å². The van der Waals surface area contributed by atoms with Crippen molar-refractivity contribution in [1.29, 1.82) is 0 Å². The number of likely N-dealkylation sites (N-methyl/N-ethyl adjacent to an activating group) is 1. The summed E-state index contributed by atoms with van der Waals surface area (Å²) in [5.41, 5.74) is 2.64. The van der Waals surface area contributed by atoms with Gasteiger partial charge < -0.3 is 15.5 Å². The van der Waals surface area contributed by atoms with Gasteiger partial charge >= 0.3 is 0 Å². The lowest BCUT2D eigenvalue weighted by Gasteiger charge is -2.38. The topological polar surface area (TPSA) is 60.0 Å². The summed E-state index contributed by atoms with van der Waals surface area (Å²) in [7, 11) is 3.52. The molecule has 0 aliphatic carbocycles. The number of hydrogen-bond acceptors (Lipinski definition) is 3.